The summed E-state index contributed by atoms with van der Waals surface area (Å²) >= 11 is 0. The number of nitrogens with one attached hydrogen (secondary N) is 2. The van der Waals surface area contributed by atoms with Gasteiger partial charge in [-0.2, -0.15) is 0 Å². The highest BCUT2D eigenvalue weighted by molar-refractivity contribution is 5.95. The highest BCUT2D eigenvalue weighted by Crippen LogP contribution is 2.20. The predicted octanol–water partition coefficient (Wildman–Crippen LogP) is 3.89. The second-order valence-electron chi connectivity index (χ2n) is 6.04. The number of aromatic nitrogens is 1. The van der Waals surface area contributed by atoms with E-state index in [1.54, 1.807) is 0 Å². The van der Waals surface area contributed by atoms with Crippen molar-refractivity contribution in [2.45, 2.75) is 25.8 Å². The largest absolute Gasteiger partial charge is 0.494 e. The number of hydrogen-bond donors (Lipinski definition) is 3. The van der Waals surface area contributed by atoms with Crippen LogP contribution in [-0.4, -0.2) is 23.5 Å². The van der Waals surface area contributed by atoms with E-state index in [-0.39, 0.29) is 18.3 Å². The van der Waals surface area contributed by atoms with Crippen LogP contribution < -0.4 is 15.8 Å². The fourth-order valence-corrected chi connectivity index (χ4v) is 2.75. The maximum absolute atomic E-state index is 12.4. The van der Waals surface area contributed by atoms with Gasteiger partial charge in [-0.25, -0.2) is 0 Å². The van der Waals surface area contributed by atoms with Crippen LogP contribution in [0.15, 0.2) is 54.7 Å². The molecule has 26 heavy (non-hydrogen) atoms. The normalized spacial score (nSPS) is 11.6. The molecule has 6 heteroatoms. The van der Waals surface area contributed by atoms with E-state index in [0.717, 1.165) is 28.6 Å². The number of H-pyrrole nitrogens is 1. The van der Waals surface area contributed by atoms with Gasteiger partial charge in [0.1, 0.15) is 5.75 Å². The molecule has 2 aromatic carbocycles. The van der Waals surface area contributed by atoms with Gasteiger partial charge in [-0.3, -0.25) is 4.79 Å². The molecular weight excluding hydrogens is 350 g/mol. The van der Waals surface area contributed by atoms with Gasteiger partial charge in [-0.15, -0.1) is 12.4 Å². The minimum Gasteiger partial charge on any atom is -0.494 e. The molecule has 5 nitrogen and oxygen atoms in total. The number of nitrogens with two attached hydrogens (primary N) is 1. The number of rotatable bonds is 7. The lowest BCUT2D eigenvalue weighted by Crippen LogP contribution is -2.37. The highest BCUT2D eigenvalue weighted by Gasteiger charge is 2.16. The van der Waals surface area contributed by atoms with Crippen LogP contribution in [0.3, 0.4) is 0 Å². The van der Waals surface area contributed by atoms with Gasteiger partial charge in [0.15, 0.2) is 0 Å². The summed E-state index contributed by atoms with van der Waals surface area (Å²) in [4.78, 5) is 15.6. The van der Waals surface area contributed by atoms with Gasteiger partial charge in [-0.05, 0) is 36.6 Å². The standard InChI is InChI=1S/C20H23N3O2.ClH/c1-2-10-25-16-7-5-6-15(12-16)23-20(24)18(21)11-14-13-22-19-9-4-3-8-17(14)19;/h3-9,12-13,18,22H,2,10-11,21H2,1H3,(H,23,24);1H/t18-;/m0./s1. The number of carbonyl (C=O) groups is 1. The molecule has 0 radical (unpaired) electrons. The van der Waals surface area contributed by atoms with E-state index in [2.05, 4.69) is 17.2 Å². The van der Waals surface area contributed by atoms with Crippen LogP contribution in [0.2, 0.25) is 0 Å². The second kappa shape index (κ2) is 9.27. The number of halogens is 1. The number of benzene rings is 2. The first-order chi connectivity index (χ1) is 12.2. The van der Waals surface area contributed by atoms with Crippen LogP contribution in [0.4, 0.5) is 5.69 Å². The highest BCUT2D eigenvalue weighted by atomic mass is 35.5. The first-order valence-corrected chi connectivity index (χ1v) is 8.51. The third-order valence-electron chi connectivity index (χ3n) is 4.03. The van der Waals surface area contributed by atoms with Crippen molar-refractivity contribution in [1.29, 1.82) is 0 Å². The van der Waals surface area contributed by atoms with Crippen LogP contribution in [0.1, 0.15) is 18.9 Å². The van der Waals surface area contributed by atoms with Crippen molar-refractivity contribution in [2.75, 3.05) is 11.9 Å². The lowest BCUT2D eigenvalue weighted by Gasteiger charge is -2.13. The van der Waals surface area contributed by atoms with E-state index in [1.807, 2.05) is 54.7 Å². The Kier molecular flexibility index (Phi) is 7.06. The summed E-state index contributed by atoms with van der Waals surface area (Å²) in [6.07, 6.45) is 3.32. The quantitative estimate of drug-likeness (QED) is 0.587. The van der Waals surface area contributed by atoms with Crippen LogP contribution in [0.5, 0.6) is 5.75 Å². The van der Waals surface area contributed by atoms with Gasteiger partial charge in [0.2, 0.25) is 5.91 Å². The third-order valence-corrected chi connectivity index (χ3v) is 4.03. The van der Waals surface area contributed by atoms with Crippen LogP contribution in [-0.2, 0) is 11.2 Å². The van der Waals surface area contributed by atoms with Crippen molar-refractivity contribution in [3.8, 4) is 5.75 Å². The third kappa shape index (κ3) is 4.77. The number of ether oxygens (including phenoxy) is 1. The Balaban J connectivity index is 0.00000243. The number of amides is 1. The Morgan fingerprint density at radius 2 is 2.04 bits per heavy atom. The molecule has 0 aliphatic heterocycles. The lowest BCUT2D eigenvalue weighted by atomic mass is 10.0. The minimum atomic E-state index is -0.626. The second-order valence-corrected chi connectivity index (χ2v) is 6.04. The Bertz CT molecular complexity index is 863. The van der Waals surface area contributed by atoms with E-state index in [9.17, 15) is 4.79 Å². The maximum Gasteiger partial charge on any atom is 0.241 e. The molecular formula is C20H24ClN3O2. The summed E-state index contributed by atoms with van der Waals surface area (Å²) in [5, 5.41) is 3.96. The van der Waals surface area contributed by atoms with Gasteiger partial charge in [0.05, 0.1) is 12.6 Å². The number of carbonyl (C=O) groups excluding carboxylic acids is 1. The molecule has 3 rings (SSSR count). The molecule has 0 saturated carbocycles. The first kappa shape index (κ1) is 19.8. The molecule has 0 saturated heterocycles. The zero-order valence-corrected chi connectivity index (χ0v) is 15.5. The number of anilines is 1. The van der Waals surface area contributed by atoms with E-state index < -0.39 is 6.04 Å². The Hall–Kier alpha value is -2.50. The summed E-state index contributed by atoms with van der Waals surface area (Å²) in [7, 11) is 0. The SMILES string of the molecule is CCCOc1cccc(NC(=O)[C@@H](N)Cc2c[nH]c3ccccc23)c1.Cl. The smallest absolute Gasteiger partial charge is 0.241 e. The zero-order valence-electron chi connectivity index (χ0n) is 14.7. The Labute approximate surface area is 159 Å². The fraction of sp³-hybridized carbons (Fsp3) is 0.250. The van der Waals surface area contributed by atoms with Gasteiger partial charge >= 0.3 is 0 Å². The van der Waals surface area contributed by atoms with Crippen molar-refractivity contribution in [2.24, 2.45) is 5.73 Å². The summed E-state index contributed by atoms with van der Waals surface area (Å²) < 4.78 is 5.58. The van der Waals surface area contributed by atoms with Crippen molar-refractivity contribution in [3.05, 3.63) is 60.3 Å². The molecule has 0 aliphatic rings. The molecule has 0 aliphatic carbocycles. The van der Waals surface area contributed by atoms with Crippen LogP contribution >= 0.6 is 12.4 Å². The van der Waals surface area contributed by atoms with Gasteiger partial charge in [0, 0.05) is 28.9 Å². The molecule has 1 amide bonds. The summed E-state index contributed by atoms with van der Waals surface area (Å²) in [5.41, 5.74) is 8.88. The van der Waals surface area contributed by atoms with Crippen molar-refractivity contribution in [3.63, 3.8) is 0 Å². The van der Waals surface area contributed by atoms with Crippen molar-refractivity contribution < 1.29 is 9.53 Å². The number of para-hydroxylation sites is 1. The van der Waals surface area contributed by atoms with Gasteiger partial charge in [-0.1, -0.05) is 31.2 Å². The molecule has 1 aromatic heterocycles. The van der Waals surface area contributed by atoms with E-state index >= 15 is 0 Å². The average Bonchev–Trinajstić information content (AvgIpc) is 3.03. The summed E-state index contributed by atoms with van der Waals surface area (Å²) in [6, 6.07) is 14.7. The fourth-order valence-electron chi connectivity index (χ4n) is 2.75. The molecule has 0 fully saturated rings. The molecule has 138 valence electrons. The maximum atomic E-state index is 12.4. The molecule has 1 atom stereocenters. The molecule has 0 unspecified atom stereocenters. The minimum absolute atomic E-state index is 0. The predicted molar refractivity (Wildman–Crippen MR) is 108 cm³/mol. The number of hydrogen-bond acceptors (Lipinski definition) is 3. The van der Waals surface area contributed by atoms with Gasteiger partial charge < -0.3 is 20.8 Å². The summed E-state index contributed by atoms with van der Waals surface area (Å²) in [5.74, 6) is 0.530. The topological polar surface area (TPSA) is 80.1 Å². The van der Waals surface area contributed by atoms with Crippen LogP contribution in [0.25, 0.3) is 10.9 Å². The Morgan fingerprint density at radius 3 is 2.85 bits per heavy atom. The summed E-state index contributed by atoms with van der Waals surface area (Å²) in [6.45, 7) is 2.70. The van der Waals surface area contributed by atoms with E-state index in [0.29, 0.717) is 18.7 Å². The van der Waals surface area contributed by atoms with Crippen molar-refractivity contribution in [1.82, 2.24) is 4.98 Å². The van der Waals surface area contributed by atoms with E-state index in [4.69, 9.17) is 10.5 Å². The molecule has 4 N–H and O–H groups in total. The number of fused-ring (bicyclic) bond motifs is 1. The van der Waals surface area contributed by atoms with Crippen LogP contribution in [0, 0.1) is 0 Å². The van der Waals surface area contributed by atoms with E-state index in [1.165, 1.54) is 0 Å². The molecule has 1 heterocycles. The molecule has 3 aromatic rings. The number of aromatic amines is 1. The lowest BCUT2D eigenvalue weighted by molar-refractivity contribution is -0.117. The average molecular weight is 374 g/mol. The Morgan fingerprint density at radius 1 is 1.23 bits per heavy atom. The molecule has 0 spiro atoms. The monoisotopic (exact) mass is 373 g/mol. The van der Waals surface area contributed by atoms with Crippen molar-refractivity contribution >= 4 is 34.9 Å². The van der Waals surface area contributed by atoms with Gasteiger partial charge in [0.25, 0.3) is 0 Å². The first-order valence-electron chi connectivity index (χ1n) is 8.51. The zero-order chi connectivity index (χ0) is 17.6. The molecule has 0 bridgehead atoms.